The zero-order chi connectivity index (χ0) is 17.3. The van der Waals surface area contributed by atoms with Crippen molar-refractivity contribution in [1.29, 1.82) is 0 Å². The van der Waals surface area contributed by atoms with Crippen LogP contribution in [0.15, 0.2) is 47.4 Å². The molecule has 2 aromatic rings. The average molecular weight is 364 g/mol. The van der Waals surface area contributed by atoms with Gasteiger partial charge in [0.25, 0.3) is 11.1 Å². The molecule has 24 heavy (non-hydrogen) atoms. The van der Waals surface area contributed by atoms with Gasteiger partial charge in [-0.15, -0.1) is 0 Å². The molecule has 0 aromatic heterocycles. The maximum atomic E-state index is 13.3. The number of anilines is 1. The highest BCUT2D eigenvalue weighted by atomic mass is 35.5. The van der Waals surface area contributed by atoms with Crippen LogP contribution in [0.25, 0.3) is 6.08 Å². The summed E-state index contributed by atoms with van der Waals surface area (Å²) in [7, 11) is 1.56. The Labute approximate surface area is 146 Å². The van der Waals surface area contributed by atoms with Crippen molar-refractivity contribution in [2.24, 2.45) is 0 Å². The number of halogens is 2. The van der Waals surface area contributed by atoms with Crippen molar-refractivity contribution in [1.82, 2.24) is 0 Å². The Bertz CT molecular complexity index is 851. The molecule has 1 heterocycles. The van der Waals surface area contributed by atoms with Crippen LogP contribution >= 0.6 is 23.4 Å². The molecule has 0 radical (unpaired) electrons. The lowest BCUT2D eigenvalue weighted by molar-refractivity contribution is -0.113. The first kappa shape index (κ1) is 16.5. The Kier molecular flexibility index (Phi) is 4.59. The van der Waals surface area contributed by atoms with Gasteiger partial charge < -0.3 is 4.74 Å². The van der Waals surface area contributed by atoms with Gasteiger partial charge in [0.05, 0.1) is 22.7 Å². The van der Waals surface area contributed by atoms with Crippen LogP contribution in [0.3, 0.4) is 0 Å². The Morgan fingerprint density at radius 2 is 1.88 bits per heavy atom. The van der Waals surface area contributed by atoms with Gasteiger partial charge in [-0.05, 0) is 53.7 Å². The number of carbonyl (C=O) groups is 2. The lowest BCUT2D eigenvalue weighted by Crippen LogP contribution is -2.27. The molecule has 2 aromatic carbocycles. The monoisotopic (exact) mass is 363 g/mol. The summed E-state index contributed by atoms with van der Waals surface area (Å²) in [5, 5.41) is -0.604. The number of imide groups is 1. The largest absolute Gasteiger partial charge is 0.497 e. The normalized spacial score (nSPS) is 16.1. The fraction of sp³-hybridized carbons (Fsp3) is 0.0588. The first-order valence-corrected chi connectivity index (χ1v) is 8.06. The minimum Gasteiger partial charge on any atom is -0.497 e. The molecule has 0 spiro atoms. The maximum Gasteiger partial charge on any atom is 0.298 e. The third-order valence-corrected chi connectivity index (χ3v) is 4.53. The van der Waals surface area contributed by atoms with E-state index in [1.807, 2.05) is 0 Å². The molecule has 0 atom stereocenters. The third-order valence-electron chi connectivity index (χ3n) is 3.37. The van der Waals surface area contributed by atoms with Crippen LogP contribution in [-0.4, -0.2) is 18.3 Å². The van der Waals surface area contributed by atoms with Crippen LogP contribution in [0.2, 0.25) is 5.02 Å². The first-order valence-electron chi connectivity index (χ1n) is 6.86. The predicted molar refractivity (Wildman–Crippen MR) is 92.9 cm³/mol. The van der Waals surface area contributed by atoms with Gasteiger partial charge in [-0.25, -0.2) is 9.29 Å². The van der Waals surface area contributed by atoms with Crippen molar-refractivity contribution >= 4 is 46.3 Å². The fourth-order valence-corrected chi connectivity index (χ4v) is 3.18. The zero-order valence-corrected chi connectivity index (χ0v) is 14.0. The molecule has 0 saturated carbocycles. The van der Waals surface area contributed by atoms with Gasteiger partial charge >= 0.3 is 0 Å². The van der Waals surface area contributed by atoms with Crippen molar-refractivity contribution in [3.05, 3.63) is 63.8 Å². The van der Waals surface area contributed by atoms with Crippen molar-refractivity contribution in [2.75, 3.05) is 12.0 Å². The van der Waals surface area contributed by atoms with E-state index in [1.165, 1.54) is 12.1 Å². The standard InChI is InChI=1S/C17H11ClFNO3S/c1-23-12-5-2-10(3-6-12)8-15-16(21)20(17(22)24-15)11-4-7-14(19)13(18)9-11/h2-9H,1H3/b15-8-. The minimum absolute atomic E-state index is 0.148. The predicted octanol–water partition coefficient (Wildman–Crippen LogP) is 4.73. The summed E-state index contributed by atoms with van der Waals surface area (Å²) in [6, 6.07) is 10.8. The van der Waals surface area contributed by atoms with E-state index in [0.29, 0.717) is 5.75 Å². The summed E-state index contributed by atoms with van der Waals surface area (Å²) in [4.78, 5) is 25.9. The molecular formula is C17H11ClFNO3S. The van der Waals surface area contributed by atoms with E-state index in [9.17, 15) is 14.0 Å². The van der Waals surface area contributed by atoms with Gasteiger partial charge in [0.2, 0.25) is 0 Å². The van der Waals surface area contributed by atoms with Gasteiger partial charge in [0, 0.05) is 0 Å². The fourth-order valence-electron chi connectivity index (χ4n) is 2.17. The Morgan fingerprint density at radius 1 is 1.17 bits per heavy atom. The number of methoxy groups -OCH3 is 1. The number of ether oxygens (including phenoxy) is 1. The molecule has 1 aliphatic heterocycles. The lowest BCUT2D eigenvalue weighted by Gasteiger charge is -2.12. The molecular weight excluding hydrogens is 353 g/mol. The molecule has 2 amide bonds. The molecule has 1 aliphatic rings. The van der Waals surface area contributed by atoms with Crippen LogP contribution in [0.1, 0.15) is 5.56 Å². The Hall–Kier alpha value is -2.31. The minimum atomic E-state index is -0.610. The van der Waals surface area contributed by atoms with Gasteiger partial charge in [0.1, 0.15) is 11.6 Å². The number of hydrogen-bond donors (Lipinski definition) is 0. The van der Waals surface area contributed by atoms with E-state index in [-0.39, 0.29) is 15.6 Å². The van der Waals surface area contributed by atoms with Crippen LogP contribution in [0.5, 0.6) is 5.75 Å². The molecule has 0 aliphatic carbocycles. The van der Waals surface area contributed by atoms with Gasteiger partial charge in [-0.3, -0.25) is 9.59 Å². The number of nitrogens with zero attached hydrogens (tertiary/aromatic N) is 1. The van der Waals surface area contributed by atoms with Gasteiger partial charge in [-0.1, -0.05) is 23.7 Å². The number of carbonyl (C=O) groups excluding carboxylic acids is 2. The van der Waals surface area contributed by atoms with Gasteiger partial charge in [0.15, 0.2) is 0 Å². The second-order valence-corrected chi connectivity index (χ2v) is 6.29. The number of hydrogen-bond acceptors (Lipinski definition) is 4. The summed E-state index contributed by atoms with van der Waals surface area (Å²) in [5.74, 6) is -0.383. The second kappa shape index (κ2) is 6.67. The highest BCUT2D eigenvalue weighted by molar-refractivity contribution is 8.19. The highest BCUT2D eigenvalue weighted by Crippen LogP contribution is 2.36. The molecule has 0 unspecified atom stereocenters. The van der Waals surface area contributed by atoms with E-state index in [0.717, 1.165) is 28.3 Å². The summed E-state index contributed by atoms with van der Waals surface area (Å²) in [5.41, 5.74) is 1.00. The smallest absolute Gasteiger partial charge is 0.298 e. The van der Waals surface area contributed by atoms with E-state index in [1.54, 1.807) is 37.5 Å². The topological polar surface area (TPSA) is 46.6 Å². The molecule has 1 fully saturated rings. The van der Waals surface area contributed by atoms with E-state index < -0.39 is 17.0 Å². The summed E-state index contributed by atoms with van der Waals surface area (Å²) >= 11 is 6.55. The molecule has 1 saturated heterocycles. The Morgan fingerprint density at radius 3 is 2.50 bits per heavy atom. The zero-order valence-electron chi connectivity index (χ0n) is 12.5. The summed E-state index contributed by atoms with van der Waals surface area (Å²) in [6.07, 6.45) is 1.62. The lowest BCUT2D eigenvalue weighted by atomic mass is 10.2. The molecule has 0 bridgehead atoms. The van der Waals surface area contributed by atoms with E-state index in [2.05, 4.69) is 0 Å². The van der Waals surface area contributed by atoms with Crippen LogP contribution in [-0.2, 0) is 4.79 Å². The van der Waals surface area contributed by atoms with Gasteiger partial charge in [-0.2, -0.15) is 0 Å². The number of thioether (sulfide) groups is 1. The second-order valence-electron chi connectivity index (χ2n) is 4.89. The molecule has 0 N–H and O–H groups in total. The number of amides is 2. The quantitative estimate of drug-likeness (QED) is 0.740. The van der Waals surface area contributed by atoms with E-state index >= 15 is 0 Å². The van der Waals surface area contributed by atoms with Crippen LogP contribution < -0.4 is 9.64 Å². The highest BCUT2D eigenvalue weighted by Gasteiger charge is 2.36. The van der Waals surface area contributed by atoms with Crippen molar-refractivity contribution < 1.29 is 18.7 Å². The summed E-state index contributed by atoms with van der Waals surface area (Å²) < 4.78 is 18.3. The number of benzene rings is 2. The molecule has 4 nitrogen and oxygen atoms in total. The van der Waals surface area contributed by atoms with Crippen LogP contribution in [0, 0.1) is 5.82 Å². The number of rotatable bonds is 3. The Balaban J connectivity index is 1.90. The van der Waals surface area contributed by atoms with Crippen LogP contribution in [0.4, 0.5) is 14.9 Å². The first-order chi connectivity index (χ1) is 11.5. The van der Waals surface area contributed by atoms with Crippen molar-refractivity contribution in [2.45, 2.75) is 0 Å². The summed E-state index contributed by atoms with van der Waals surface area (Å²) in [6.45, 7) is 0. The van der Waals surface area contributed by atoms with E-state index in [4.69, 9.17) is 16.3 Å². The SMILES string of the molecule is COc1ccc(/C=C2\SC(=O)N(c3ccc(F)c(Cl)c3)C2=O)cc1. The molecule has 3 rings (SSSR count). The molecule has 7 heteroatoms. The molecule has 122 valence electrons. The van der Waals surface area contributed by atoms with Crippen molar-refractivity contribution in [3.8, 4) is 5.75 Å². The maximum absolute atomic E-state index is 13.3. The third kappa shape index (κ3) is 3.16. The van der Waals surface area contributed by atoms with Crippen molar-refractivity contribution in [3.63, 3.8) is 0 Å². The average Bonchev–Trinajstić information content (AvgIpc) is 2.85.